The van der Waals surface area contributed by atoms with Gasteiger partial charge in [-0.15, -0.1) is 0 Å². The lowest BCUT2D eigenvalue weighted by atomic mass is 9.94. The fourth-order valence-electron chi connectivity index (χ4n) is 2.29. The second kappa shape index (κ2) is 6.52. The number of hydrogen-bond acceptors (Lipinski definition) is 4. The average molecular weight is 315 g/mol. The Bertz CT molecular complexity index is 684. The van der Waals surface area contributed by atoms with Crippen molar-refractivity contribution in [2.24, 2.45) is 5.41 Å². The Labute approximate surface area is 137 Å². The number of aryl methyl sites for hydroxylation is 1. The predicted molar refractivity (Wildman–Crippen MR) is 89.6 cm³/mol. The summed E-state index contributed by atoms with van der Waals surface area (Å²) < 4.78 is 5.35. The Morgan fingerprint density at radius 3 is 2.57 bits per heavy atom. The maximum atomic E-state index is 12.6. The first kappa shape index (κ1) is 17.2. The molecule has 0 fully saturated rings. The van der Waals surface area contributed by atoms with Crippen molar-refractivity contribution in [2.45, 2.75) is 54.1 Å². The molecule has 0 N–H and O–H groups in total. The van der Waals surface area contributed by atoms with E-state index in [0.29, 0.717) is 18.3 Å². The lowest BCUT2D eigenvalue weighted by Gasteiger charge is -2.31. The van der Waals surface area contributed by atoms with Crippen LogP contribution in [0.2, 0.25) is 0 Å². The predicted octanol–water partition coefficient (Wildman–Crippen LogP) is 3.83. The minimum Gasteiger partial charge on any atom is -0.337 e. The van der Waals surface area contributed by atoms with Crippen molar-refractivity contribution in [3.8, 4) is 11.4 Å². The lowest BCUT2D eigenvalue weighted by molar-refractivity contribution is -0.142. The molecule has 0 radical (unpaired) electrons. The molecule has 0 aliphatic rings. The van der Waals surface area contributed by atoms with Gasteiger partial charge in [0.1, 0.15) is 6.54 Å². The summed E-state index contributed by atoms with van der Waals surface area (Å²) >= 11 is 0. The highest BCUT2D eigenvalue weighted by molar-refractivity contribution is 5.81. The number of rotatable bonds is 4. The van der Waals surface area contributed by atoms with Crippen LogP contribution in [0.3, 0.4) is 0 Å². The largest absolute Gasteiger partial charge is 0.337 e. The first-order valence-corrected chi connectivity index (χ1v) is 7.89. The minimum atomic E-state index is -0.441. The van der Waals surface area contributed by atoms with E-state index >= 15 is 0 Å². The number of carbonyl (C=O) groups is 1. The van der Waals surface area contributed by atoms with Gasteiger partial charge in [0.2, 0.25) is 17.6 Å². The van der Waals surface area contributed by atoms with Gasteiger partial charge in [-0.1, -0.05) is 49.7 Å². The van der Waals surface area contributed by atoms with Crippen LogP contribution in [0.5, 0.6) is 0 Å². The van der Waals surface area contributed by atoms with Crippen LogP contribution in [0.25, 0.3) is 11.4 Å². The standard InChI is InChI=1S/C18H25N3O2/c1-12(2)21(17(22)18(4,5)6)11-15-19-16(20-23-15)14-9-7-8-13(3)10-14/h7-10,12H,11H2,1-6H3. The van der Waals surface area contributed by atoms with Crippen LogP contribution < -0.4 is 0 Å². The molecule has 0 saturated heterocycles. The normalized spacial score (nSPS) is 11.8. The Hall–Kier alpha value is -2.17. The van der Waals surface area contributed by atoms with E-state index in [4.69, 9.17) is 4.52 Å². The van der Waals surface area contributed by atoms with Crippen molar-refractivity contribution >= 4 is 5.91 Å². The van der Waals surface area contributed by atoms with Gasteiger partial charge in [0.25, 0.3) is 0 Å². The highest BCUT2D eigenvalue weighted by Crippen LogP contribution is 2.22. The van der Waals surface area contributed by atoms with E-state index in [1.54, 1.807) is 4.90 Å². The van der Waals surface area contributed by atoms with Gasteiger partial charge in [-0.2, -0.15) is 4.98 Å². The number of nitrogens with zero attached hydrogens (tertiary/aromatic N) is 3. The zero-order valence-corrected chi connectivity index (χ0v) is 14.8. The van der Waals surface area contributed by atoms with Crippen molar-refractivity contribution in [3.63, 3.8) is 0 Å². The molecule has 124 valence electrons. The molecule has 1 heterocycles. The van der Waals surface area contributed by atoms with Crippen molar-refractivity contribution in [1.82, 2.24) is 15.0 Å². The Morgan fingerprint density at radius 2 is 2.00 bits per heavy atom. The van der Waals surface area contributed by atoms with Gasteiger partial charge in [-0.3, -0.25) is 4.79 Å². The van der Waals surface area contributed by atoms with Crippen LogP contribution in [0.1, 0.15) is 46.1 Å². The smallest absolute Gasteiger partial charge is 0.246 e. The summed E-state index contributed by atoms with van der Waals surface area (Å²) in [5, 5.41) is 4.04. The molecule has 23 heavy (non-hydrogen) atoms. The van der Waals surface area contributed by atoms with Crippen LogP contribution in [0.4, 0.5) is 0 Å². The van der Waals surface area contributed by atoms with Crippen LogP contribution >= 0.6 is 0 Å². The first-order chi connectivity index (χ1) is 10.7. The number of amides is 1. The summed E-state index contributed by atoms with van der Waals surface area (Å²) in [6.45, 7) is 12.1. The second-order valence-electron chi connectivity index (χ2n) is 7.16. The third-order valence-electron chi connectivity index (χ3n) is 3.58. The van der Waals surface area contributed by atoms with Crippen molar-refractivity contribution < 1.29 is 9.32 Å². The minimum absolute atomic E-state index is 0.0658. The number of carbonyl (C=O) groups excluding carboxylic acids is 1. The molecular weight excluding hydrogens is 290 g/mol. The van der Waals surface area contributed by atoms with Gasteiger partial charge in [0, 0.05) is 17.0 Å². The summed E-state index contributed by atoms with van der Waals surface area (Å²) in [6, 6.07) is 8.00. The summed E-state index contributed by atoms with van der Waals surface area (Å²) in [5.41, 5.74) is 1.61. The van der Waals surface area contributed by atoms with Gasteiger partial charge in [0.15, 0.2) is 0 Å². The molecule has 0 aliphatic carbocycles. The first-order valence-electron chi connectivity index (χ1n) is 7.89. The molecule has 1 aromatic heterocycles. The van der Waals surface area contributed by atoms with E-state index in [-0.39, 0.29) is 11.9 Å². The molecule has 0 atom stereocenters. The van der Waals surface area contributed by atoms with E-state index in [1.165, 1.54) is 0 Å². The maximum absolute atomic E-state index is 12.6. The van der Waals surface area contributed by atoms with Gasteiger partial charge in [-0.05, 0) is 26.8 Å². The van der Waals surface area contributed by atoms with Crippen LogP contribution in [0, 0.1) is 12.3 Å². The number of benzene rings is 1. The second-order valence-corrected chi connectivity index (χ2v) is 7.16. The Balaban J connectivity index is 2.21. The number of hydrogen-bond donors (Lipinski definition) is 0. The molecule has 1 amide bonds. The monoisotopic (exact) mass is 315 g/mol. The van der Waals surface area contributed by atoms with E-state index in [1.807, 2.05) is 65.8 Å². The quantitative estimate of drug-likeness (QED) is 0.860. The summed E-state index contributed by atoms with van der Waals surface area (Å²) in [7, 11) is 0. The van der Waals surface area contributed by atoms with E-state index < -0.39 is 5.41 Å². The highest BCUT2D eigenvalue weighted by atomic mass is 16.5. The van der Waals surface area contributed by atoms with Crippen LogP contribution in [0.15, 0.2) is 28.8 Å². The maximum Gasteiger partial charge on any atom is 0.246 e. The third kappa shape index (κ3) is 4.18. The van der Waals surface area contributed by atoms with Crippen molar-refractivity contribution in [2.75, 3.05) is 0 Å². The molecule has 0 aliphatic heterocycles. The molecule has 2 rings (SSSR count). The molecule has 5 heteroatoms. The van der Waals surface area contributed by atoms with Gasteiger partial charge in [-0.25, -0.2) is 0 Å². The van der Waals surface area contributed by atoms with E-state index in [2.05, 4.69) is 10.1 Å². The summed E-state index contributed by atoms with van der Waals surface area (Å²) in [6.07, 6.45) is 0. The lowest BCUT2D eigenvalue weighted by Crippen LogP contribution is -2.43. The molecule has 2 aromatic rings. The fourth-order valence-corrected chi connectivity index (χ4v) is 2.29. The molecular formula is C18H25N3O2. The molecule has 5 nitrogen and oxygen atoms in total. The fraction of sp³-hybridized carbons (Fsp3) is 0.500. The Morgan fingerprint density at radius 1 is 1.30 bits per heavy atom. The third-order valence-corrected chi connectivity index (χ3v) is 3.58. The van der Waals surface area contributed by atoms with Gasteiger partial charge < -0.3 is 9.42 Å². The van der Waals surface area contributed by atoms with Crippen molar-refractivity contribution in [3.05, 3.63) is 35.7 Å². The van der Waals surface area contributed by atoms with Gasteiger partial charge in [0.05, 0.1) is 0 Å². The Kier molecular flexibility index (Phi) is 4.88. The molecule has 0 unspecified atom stereocenters. The number of aromatic nitrogens is 2. The summed E-state index contributed by atoms with van der Waals surface area (Å²) in [5.74, 6) is 1.08. The van der Waals surface area contributed by atoms with E-state index in [0.717, 1.165) is 11.1 Å². The molecule has 1 aromatic carbocycles. The molecule has 0 bridgehead atoms. The van der Waals surface area contributed by atoms with Gasteiger partial charge >= 0.3 is 0 Å². The van der Waals surface area contributed by atoms with Crippen LogP contribution in [-0.2, 0) is 11.3 Å². The highest BCUT2D eigenvalue weighted by Gasteiger charge is 2.30. The summed E-state index contributed by atoms with van der Waals surface area (Å²) in [4.78, 5) is 18.8. The topological polar surface area (TPSA) is 59.2 Å². The van der Waals surface area contributed by atoms with Crippen molar-refractivity contribution in [1.29, 1.82) is 0 Å². The average Bonchev–Trinajstić information content (AvgIpc) is 2.91. The molecule has 0 saturated carbocycles. The zero-order valence-electron chi connectivity index (χ0n) is 14.8. The molecule has 0 spiro atoms. The SMILES string of the molecule is Cc1cccc(-c2noc(CN(C(=O)C(C)(C)C)C(C)C)n2)c1. The van der Waals surface area contributed by atoms with E-state index in [9.17, 15) is 4.79 Å². The zero-order chi connectivity index (χ0) is 17.2. The van der Waals surface area contributed by atoms with Crippen LogP contribution in [-0.4, -0.2) is 27.0 Å².